The van der Waals surface area contributed by atoms with Crippen LogP contribution in [-0.2, 0) is 14.6 Å². The molecule has 0 aliphatic heterocycles. The lowest BCUT2D eigenvalue weighted by Gasteiger charge is -2.21. The van der Waals surface area contributed by atoms with Crippen molar-refractivity contribution >= 4 is 38.1 Å². The molecule has 0 radical (unpaired) electrons. The van der Waals surface area contributed by atoms with E-state index in [-0.39, 0.29) is 10.6 Å². The van der Waals surface area contributed by atoms with Gasteiger partial charge in [0.25, 0.3) is 0 Å². The minimum Gasteiger partial charge on any atom is -0.478 e. The van der Waals surface area contributed by atoms with Crippen molar-refractivity contribution < 1.29 is 23.1 Å². The Kier molecular flexibility index (Phi) is 4.31. The normalized spacial score (nSPS) is 12.2. The van der Waals surface area contributed by atoms with Gasteiger partial charge < -0.3 is 10.4 Å². The number of carboxylic acid groups (broad SMARTS) is 1. The number of carboxylic acids is 1. The van der Waals surface area contributed by atoms with E-state index in [9.17, 15) is 23.1 Å². The van der Waals surface area contributed by atoms with E-state index in [1.165, 1.54) is 13.8 Å². The molecule has 8 heteroatoms. The van der Waals surface area contributed by atoms with Gasteiger partial charge in [-0.2, -0.15) is 0 Å². The molecule has 20 heavy (non-hydrogen) atoms. The first-order valence-corrected chi connectivity index (χ1v) is 8.44. The van der Waals surface area contributed by atoms with Crippen molar-refractivity contribution in [3.8, 4) is 0 Å². The third-order valence-electron chi connectivity index (χ3n) is 3.30. The monoisotopic (exact) mass is 319 g/mol. The summed E-state index contributed by atoms with van der Waals surface area (Å²) in [6, 6.07) is 0. The molecule has 0 aliphatic rings. The van der Waals surface area contributed by atoms with Crippen LogP contribution in [-0.4, -0.2) is 36.4 Å². The van der Waals surface area contributed by atoms with Crippen molar-refractivity contribution in [1.82, 2.24) is 0 Å². The van der Waals surface area contributed by atoms with E-state index in [0.717, 1.165) is 22.5 Å². The number of nitrogens with one attached hydrogen (secondary N) is 1. The third-order valence-corrected chi connectivity index (χ3v) is 6.46. The summed E-state index contributed by atoms with van der Waals surface area (Å²) in [6.45, 7) is 5.95. The fourth-order valence-corrected chi connectivity index (χ4v) is 2.83. The second-order valence-electron chi connectivity index (χ2n) is 5.03. The number of anilines is 1. The van der Waals surface area contributed by atoms with Gasteiger partial charge in [0, 0.05) is 11.1 Å². The van der Waals surface area contributed by atoms with Crippen molar-refractivity contribution in [1.29, 1.82) is 0 Å². The molecule has 0 saturated heterocycles. The van der Waals surface area contributed by atoms with Crippen LogP contribution >= 0.6 is 11.3 Å². The van der Waals surface area contributed by atoms with Crippen LogP contribution in [0.2, 0.25) is 0 Å². The van der Waals surface area contributed by atoms with Crippen LogP contribution in [0.3, 0.4) is 0 Å². The molecule has 1 amide bonds. The van der Waals surface area contributed by atoms with E-state index in [1.54, 1.807) is 13.8 Å². The number of amides is 1. The maximum Gasteiger partial charge on any atom is 0.338 e. The van der Waals surface area contributed by atoms with E-state index in [2.05, 4.69) is 5.32 Å². The Labute approximate surface area is 121 Å². The Morgan fingerprint density at radius 2 is 1.75 bits per heavy atom. The molecular weight excluding hydrogens is 302 g/mol. The molecule has 1 rings (SSSR count). The lowest BCUT2D eigenvalue weighted by Crippen LogP contribution is -2.43. The van der Waals surface area contributed by atoms with Crippen LogP contribution in [0.4, 0.5) is 5.00 Å². The molecular formula is C12H17NO5S2. The average molecular weight is 319 g/mol. The van der Waals surface area contributed by atoms with E-state index < -0.39 is 26.5 Å². The first kappa shape index (κ1) is 16.6. The van der Waals surface area contributed by atoms with E-state index >= 15 is 0 Å². The number of thiophene rings is 1. The number of sulfone groups is 1. The van der Waals surface area contributed by atoms with Crippen LogP contribution in [0.25, 0.3) is 0 Å². The zero-order valence-electron chi connectivity index (χ0n) is 11.9. The summed E-state index contributed by atoms with van der Waals surface area (Å²) in [6.07, 6.45) is 0.968. The highest BCUT2D eigenvalue weighted by Gasteiger charge is 2.39. The van der Waals surface area contributed by atoms with Crippen LogP contribution < -0.4 is 5.32 Å². The topological polar surface area (TPSA) is 101 Å². The second-order valence-corrected chi connectivity index (χ2v) is 8.82. The predicted octanol–water partition coefficient (Wildman–Crippen LogP) is 1.82. The molecule has 1 aromatic heterocycles. The summed E-state index contributed by atoms with van der Waals surface area (Å²) < 4.78 is 21.6. The summed E-state index contributed by atoms with van der Waals surface area (Å²) in [5.41, 5.74) is 0.570. The molecule has 2 N–H and O–H groups in total. The molecule has 1 aromatic rings. The SMILES string of the molecule is Cc1sc(NC(=O)C(C)(C)S(C)(=O)=O)c(C(=O)O)c1C. The van der Waals surface area contributed by atoms with Crippen molar-refractivity contribution in [2.75, 3.05) is 11.6 Å². The number of aromatic carboxylic acids is 1. The van der Waals surface area contributed by atoms with Gasteiger partial charge in [-0.15, -0.1) is 11.3 Å². The van der Waals surface area contributed by atoms with Crippen LogP contribution in [0.1, 0.15) is 34.6 Å². The molecule has 0 unspecified atom stereocenters. The molecule has 0 aromatic carbocycles. The average Bonchev–Trinajstić information content (AvgIpc) is 2.52. The van der Waals surface area contributed by atoms with Gasteiger partial charge in [0.15, 0.2) is 9.84 Å². The standard InChI is InChI=1S/C12H17NO5S2/c1-6-7(2)19-9(8(6)10(14)15)13-11(16)12(3,4)20(5,17)18/h1-5H3,(H,13,16)(H,14,15). The first-order chi connectivity index (χ1) is 8.89. The quantitative estimate of drug-likeness (QED) is 0.881. The summed E-state index contributed by atoms with van der Waals surface area (Å²) >= 11 is 1.12. The van der Waals surface area contributed by atoms with Gasteiger partial charge in [-0.1, -0.05) is 0 Å². The van der Waals surface area contributed by atoms with Gasteiger partial charge in [0.2, 0.25) is 5.91 Å². The van der Waals surface area contributed by atoms with Crippen molar-refractivity contribution in [2.24, 2.45) is 0 Å². The van der Waals surface area contributed by atoms with Crippen LogP contribution in [0.5, 0.6) is 0 Å². The van der Waals surface area contributed by atoms with Crippen LogP contribution in [0.15, 0.2) is 0 Å². The number of carbonyl (C=O) groups is 2. The van der Waals surface area contributed by atoms with Gasteiger partial charge >= 0.3 is 5.97 Å². The molecule has 6 nitrogen and oxygen atoms in total. The second kappa shape index (κ2) is 5.17. The minimum atomic E-state index is -3.61. The van der Waals surface area contributed by atoms with Crippen molar-refractivity contribution in [3.05, 3.63) is 16.0 Å². The van der Waals surface area contributed by atoms with Gasteiger partial charge in [-0.3, -0.25) is 4.79 Å². The number of aryl methyl sites for hydroxylation is 1. The van der Waals surface area contributed by atoms with Gasteiger partial charge in [0.1, 0.15) is 9.75 Å². The Bertz CT molecular complexity index is 670. The Morgan fingerprint density at radius 1 is 1.25 bits per heavy atom. The highest BCUT2D eigenvalue weighted by atomic mass is 32.2. The molecule has 112 valence electrons. The summed E-state index contributed by atoms with van der Waals surface area (Å²) in [5, 5.41) is 11.8. The maximum absolute atomic E-state index is 12.1. The predicted molar refractivity (Wildman–Crippen MR) is 78.3 cm³/mol. The van der Waals surface area contributed by atoms with E-state index in [0.29, 0.717) is 5.56 Å². The Morgan fingerprint density at radius 3 is 2.15 bits per heavy atom. The number of hydrogen-bond donors (Lipinski definition) is 2. The van der Waals surface area contributed by atoms with E-state index in [1.807, 2.05) is 0 Å². The first-order valence-electron chi connectivity index (χ1n) is 5.74. The minimum absolute atomic E-state index is 0.00477. The number of hydrogen-bond acceptors (Lipinski definition) is 5. The van der Waals surface area contributed by atoms with Gasteiger partial charge in [-0.05, 0) is 33.3 Å². The highest BCUT2D eigenvalue weighted by molar-refractivity contribution is 7.92. The molecule has 0 fully saturated rings. The van der Waals surface area contributed by atoms with Gasteiger partial charge in [-0.25, -0.2) is 13.2 Å². The fourth-order valence-electron chi connectivity index (χ4n) is 1.39. The highest BCUT2D eigenvalue weighted by Crippen LogP contribution is 2.33. The molecule has 0 bridgehead atoms. The summed E-state index contributed by atoms with van der Waals surface area (Å²) in [7, 11) is -3.61. The molecule has 0 aliphatic carbocycles. The fraction of sp³-hybridized carbons (Fsp3) is 0.500. The third kappa shape index (κ3) is 2.85. The van der Waals surface area contributed by atoms with Crippen molar-refractivity contribution in [3.63, 3.8) is 0 Å². The largest absolute Gasteiger partial charge is 0.478 e. The van der Waals surface area contributed by atoms with Gasteiger partial charge in [0.05, 0.1) is 5.56 Å². The number of rotatable bonds is 4. The molecule has 0 spiro atoms. The zero-order valence-corrected chi connectivity index (χ0v) is 13.5. The van der Waals surface area contributed by atoms with E-state index in [4.69, 9.17) is 0 Å². The maximum atomic E-state index is 12.1. The lowest BCUT2D eigenvalue weighted by atomic mass is 10.1. The van der Waals surface area contributed by atoms with Crippen LogP contribution in [0, 0.1) is 13.8 Å². The molecule has 1 heterocycles. The summed E-state index contributed by atoms with van der Waals surface area (Å²) in [5.74, 6) is -1.90. The molecule has 0 saturated carbocycles. The Hall–Kier alpha value is -1.41. The lowest BCUT2D eigenvalue weighted by molar-refractivity contribution is -0.117. The summed E-state index contributed by atoms with van der Waals surface area (Å²) in [4.78, 5) is 24.1. The van der Waals surface area contributed by atoms with Crippen molar-refractivity contribution in [2.45, 2.75) is 32.4 Å². The zero-order chi connectivity index (χ0) is 15.9. The smallest absolute Gasteiger partial charge is 0.338 e. The molecule has 0 atom stereocenters. The number of carbonyl (C=O) groups excluding carboxylic acids is 1. The Balaban J connectivity index is 3.22.